The Kier molecular flexibility index (Phi) is 6.79. The number of nitrogens with zero attached hydrogens (tertiary/aromatic N) is 1. The van der Waals surface area contributed by atoms with Crippen molar-refractivity contribution >= 4 is 15.9 Å². The van der Waals surface area contributed by atoms with Gasteiger partial charge in [0.05, 0.1) is 25.2 Å². The van der Waals surface area contributed by atoms with Gasteiger partial charge >= 0.3 is 0 Å². The number of carbonyl (C=O) groups is 1. The molecule has 1 heterocycles. The van der Waals surface area contributed by atoms with Crippen molar-refractivity contribution in [2.45, 2.75) is 23.8 Å². The molecule has 0 saturated carbocycles. The van der Waals surface area contributed by atoms with Crippen molar-refractivity contribution < 1.29 is 22.7 Å². The molecule has 0 aromatic heterocycles. The van der Waals surface area contributed by atoms with Crippen LogP contribution in [0, 0.1) is 0 Å². The summed E-state index contributed by atoms with van der Waals surface area (Å²) in [7, 11) is -0.438. The molecule has 2 aromatic carbocycles. The average molecular weight is 431 g/mol. The Morgan fingerprint density at radius 2 is 1.93 bits per heavy atom. The number of hydrogen-bond acceptors (Lipinski definition) is 5. The van der Waals surface area contributed by atoms with Crippen LogP contribution in [0.3, 0.4) is 0 Å². The second kappa shape index (κ2) is 9.32. The highest BCUT2D eigenvalue weighted by atomic mass is 32.2. The van der Waals surface area contributed by atoms with E-state index in [1.165, 1.54) is 18.2 Å². The summed E-state index contributed by atoms with van der Waals surface area (Å²) in [6, 6.07) is 11.5. The number of ether oxygens (including phenoxy) is 2. The molecule has 1 amide bonds. The zero-order valence-electron chi connectivity index (χ0n) is 17.1. The summed E-state index contributed by atoms with van der Waals surface area (Å²) >= 11 is 0. The molecule has 1 atom stereocenters. The number of nitrogens with one attached hydrogen (secondary N) is 1. The minimum absolute atomic E-state index is 0.107. The van der Waals surface area contributed by atoms with Crippen LogP contribution in [0.2, 0.25) is 0 Å². The summed E-state index contributed by atoms with van der Waals surface area (Å²) in [6.07, 6.45) is 3.17. The van der Waals surface area contributed by atoms with E-state index in [4.69, 9.17) is 9.47 Å². The maximum atomic E-state index is 13.2. The van der Waals surface area contributed by atoms with Gasteiger partial charge in [-0.25, -0.2) is 13.1 Å². The molecule has 8 heteroatoms. The molecule has 30 heavy (non-hydrogen) atoms. The van der Waals surface area contributed by atoms with Crippen molar-refractivity contribution in [1.82, 2.24) is 9.62 Å². The van der Waals surface area contributed by atoms with E-state index in [-0.39, 0.29) is 23.4 Å². The zero-order valence-corrected chi connectivity index (χ0v) is 17.9. The van der Waals surface area contributed by atoms with E-state index in [0.717, 1.165) is 18.4 Å². The van der Waals surface area contributed by atoms with Gasteiger partial charge in [0.2, 0.25) is 10.0 Å². The van der Waals surface area contributed by atoms with Gasteiger partial charge in [-0.2, -0.15) is 0 Å². The Labute approximate surface area is 177 Å². The first kappa shape index (κ1) is 21.9. The third kappa shape index (κ3) is 4.49. The summed E-state index contributed by atoms with van der Waals surface area (Å²) in [5.74, 6) is 1.22. The molecule has 0 spiro atoms. The van der Waals surface area contributed by atoms with Crippen LogP contribution in [0.25, 0.3) is 0 Å². The molecule has 160 valence electrons. The fraction of sp³-hybridized carbons (Fsp3) is 0.318. The number of likely N-dealkylation sites (tertiary alicyclic amines) is 1. The molecule has 1 aliphatic heterocycles. The minimum Gasteiger partial charge on any atom is -0.497 e. The number of benzene rings is 2. The predicted molar refractivity (Wildman–Crippen MR) is 114 cm³/mol. The Morgan fingerprint density at radius 3 is 2.57 bits per heavy atom. The molecule has 3 rings (SSSR count). The zero-order chi connectivity index (χ0) is 21.7. The van der Waals surface area contributed by atoms with Gasteiger partial charge in [0.15, 0.2) is 0 Å². The SMILES string of the molecule is C=CCNS(=O)(=O)c1ccc(C(=O)N2CCCC2c2ccc(OC)cc2OC)cc1. The summed E-state index contributed by atoms with van der Waals surface area (Å²) in [4.78, 5) is 15.1. The monoisotopic (exact) mass is 430 g/mol. The second-order valence-corrected chi connectivity index (χ2v) is 8.70. The normalized spacial score (nSPS) is 16.3. The highest BCUT2D eigenvalue weighted by Crippen LogP contribution is 2.39. The average Bonchev–Trinajstić information content (AvgIpc) is 3.26. The highest BCUT2D eigenvalue weighted by molar-refractivity contribution is 7.89. The molecule has 0 radical (unpaired) electrons. The first-order valence-electron chi connectivity index (χ1n) is 9.64. The van der Waals surface area contributed by atoms with Crippen LogP contribution in [-0.4, -0.2) is 46.5 Å². The Morgan fingerprint density at radius 1 is 1.20 bits per heavy atom. The van der Waals surface area contributed by atoms with Gasteiger partial charge < -0.3 is 14.4 Å². The summed E-state index contributed by atoms with van der Waals surface area (Å²) in [5, 5.41) is 0. The summed E-state index contributed by atoms with van der Waals surface area (Å²) in [5.41, 5.74) is 1.37. The van der Waals surface area contributed by atoms with E-state index in [9.17, 15) is 13.2 Å². The first-order chi connectivity index (χ1) is 14.4. The van der Waals surface area contributed by atoms with Crippen LogP contribution < -0.4 is 14.2 Å². The van der Waals surface area contributed by atoms with E-state index in [1.54, 1.807) is 26.4 Å². The highest BCUT2D eigenvalue weighted by Gasteiger charge is 2.32. The van der Waals surface area contributed by atoms with Crippen molar-refractivity contribution in [3.8, 4) is 11.5 Å². The maximum Gasteiger partial charge on any atom is 0.254 e. The summed E-state index contributed by atoms with van der Waals surface area (Å²) in [6.45, 7) is 4.27. The van der Waals surface area contributed by atoms with Gasteiger partial charge in [0, 0.05) is 30.3 Å². The molecule has 1 fully saturated rings. The van der Waals surface area contributed by atoms with Crippen LogP contribution >= 0.6 is 0 Å². The standard InChI is InChI=1S/C22H26N2O5S/c1-4-13-23-30(26,27)18-10-7-16(8-11-18)22(25)24-14-5-6-20(24)19-12-9-17(28-2)15-21(19)29-3/h4,7-12,15,20,23H,1,5-6,13-14H2,2-3H3. The van der Waals surface area contributed by atoms with Crippen molar-refractivity contribution in [2.75, 3.05) is 27.3 Å². The molecular formula is C22H26N2O5S. The number of hydrogen-bond donors (Lipinski definition) is 1. The molecular weight excluding hydrogens is 404 g/mol. The maximum absolute atomic E-state index is 13.2. The van der Waals surface area contributed by atoms with Crippen molar-refractivity contribution in [1.29, 1.82) is 0 Å². The van der Waals surface area contributed by atoms with E-state index in [0.29, 0.717) is 23.6 Å². The molecule has 1 aliphatic rings. The molecule has 0 bridgehead atoms. The number of amides is 1. The fourth-order valence-corrected chi connectivity index (χ4v) is 4.62. The number of methoxy groups -OCH3 is 2. The first-order valence-corrected chi connectivity index (χ1v) is 11.1. The topological polar surface area (TPSA) is 84.9 Å². The van der Waals surface area contributed by atoms with Crippen molar-refractivity contribution in [3.05, 3.63) is 66.2 Å². The number of sulfonamides is 1. The lowest BCUT2D eigenvalue weighted by Crippen LogP contribution is -2.31. The Hall–Kier alpha value is -2.84. The van der Waals surface area contributed by atoms with E-state index >= 15 is 0 Å². The molecule has 1 N–H and O–H groups in total. The van der Waals surface area contributed by atoms with Crippen molar-refractivity contribution in [3.63, 3.8) is 0 Å². The van der Waals surface area contributed by atoms with E-state index in [1.807, 2.05) is 23.1 Å². The van der Waals surface area contributed by atoms with Crippen LogP contribution in [0.1, 0.15) is 34.8 Å². The molecule has 2 aromatic rings. The lowest BCUT2D eigenvalue weighted by Gasteiger charge is -2.26. The number of carbonyl (C=O) groups excluding carboxylic acids is 1. The van der Waals surface area contributed by atoms with E-state index < -0.39 is 10.0 Å². The number of rotatable bonds is 8. The predicted octanol–water partition coefficient (Wildman–Crippen LogP) is 3.15. The molecule has 1 saturated heterocycles. The van der Waals surface area contributed by atoms with Gasteiger partial charge in [-0.3, -0.25) is 4.79 Å². The molecule has 0 aliphatic carbocycles. The lowest BCUT2D eigenvalue weighted by atomic mass is 10.0. The van der Waals surface area contributed by atoms with Gasteiger partial charge in [-0.1, -0.05) is 6.08 Å². The summed E-state index contributed by atoms with van der Waals surface area (Å²) < 4.78 is 37.6. The van der Waals surface area contributed by atoms with Crippen LogP contribution in [0.5, 0.6) is 11.5 Å². The van der Waals surface area contributed by atoms with Gasteiger partial charge in [0.1, 0.15) is 11.5 Å². The van der Waals surface area contributed by atoms with Crippen molar-refractivity contribution in [2.24, 2.45) is 0 Å². The third-order valence-electron chi connectivity index (χ3n) is 5.14. The smallest absolute Gasteiger partial charge is 0.254 e. The van der Waals surface area contributed by atoms with Crippen LogP contribution in [-0.2, 0) is 10.0 Å². The Balaban J connectivity index is 1.83. The fourth-order valence-electron chi connectivity index (χ4n) is 3.62. The van der Waals surface area contributed by atoms with Crippen LogP contribution in [0.4, 0.5) is 0 Å². The van der Waals surface area contributed by atoms with Gasteiger partial charge in [0.25, 0.3) is 5.91 Å². The lowest BCUT2D eigenvalue weighted by molar-refractivity contribution is 0.0734. The Bertz CT molecular complexity index is 1020. The van der Waals surface area contributed by atoms with E-state index in [2.05, 4.69) is 11.3 Å². The molecule has 1 unspecified atom stereocenters. The largest absolute Gasteiger partial charge is 0.497 e. The second-order valence-electron chi connectivity index (χ2n) is 6.93. The van der Waals surface area contributed by atoms with Gasteiger partial charge in [-0.15, -0.1) is 6.58 Å². The minimum atomic E-state index is -3.63. The quantitative estimate of drug-likeness (QED) is 0.651. The van der Waals surface area contributed by atoms with Gasteiger partial charge in [-0.05, 0) is 49.2 Å². The molecule has 7 nitrogen and oxygen atoms in total. The van der Waals surface area contributed by atoms with Crippen LogP contribution in [0.15, 0.2) is 60.0 Å². The third-order valence-corrected chi connectivity index (χ3v) is 6.58.